The first kappa shape index (κ1) is 7.44. The number of rotatable bonds is 0. The zero-order valence-corrected chi connectivity index (χ0v) is 7.53. The van der Waals surface area contributed by atoms with Crippen LogP contribution < -0.4 is 5.73 Å². The Morgan fingerprint density at radius 1 is 1.00 bits per heavy atom. The Hall–Kier alpha value is -1.96. The maximum Gasteiger partial charge on any atom is 0.136 e. The molecule has 0 saturated carbocycles. The van der Waals surface area contributed by atoms with Gasteiger partial charge < -0.3 is 10.2 Å². The molecule has 3 rings (SSSR count). The van der Waals surface area contributed by atoms with E-state index < -0.39 is 0 Å². The highest BCUT2D eigenvalue weighted by Crippen LogP contribution is 2.30. The van der Waals surface area contributed by atoms with Crippen LogP contribution in [0.1, 0.15) is 0 Å². The second kappa shape index (κ2) is 2.51. The molecule has 2 heteroatoms. The highest BCUT2D eigenvalue weighted by Gasteiger charge is 2.05. The molecule has 3 aromatic rings. The van der Waals surface area contributed by atoms with Gasteiger partial charge in [-0.25, -0.2) is 0 Å². The van der Waals surface area contributed by atoms with Crippen LogP contribution in [0.25, 0.3) is 21.7 Å². The van der Waals surface area contributed by atoms with Crippen molar-refractivity contribution >= 4 is 27.4 Å². The Morgan fingerprint density at radius 3 is 2.79 bits per heavy atom. The van der Waals surface area contributed by atoms with Crippen LogP contribution in [0.4, 0.5) is 5.69 Å². The van der Waals surface area contributed by atoms with Gasteiger partial charge in [0, 0.05) is 10.8 Å². The molecule has 2 nitrogen and oxygen atoms in total. The number of anilines is 1. The average molecular weight is 183 g/mol. The van der Waals surface area contributed by atoms with Crippen LogP contribution in [0.15, 0.2) is 47.1 Å². The smallest absolute Gasteiger partial charge is 0.136 e. The summed E-state index contributed by atoms with van der Waals surface area (Å²) in [6.45, 7) is 0. The molecule has 0 aliphatic carbocycles. The van der Waals surface area contributed by atoms with Crippen LogP contribution >= 0.6 is 0 Å². The molecule has 0 spiro atoms. The summed E-state index contributed by atoms with van der Waals surface area (Å²) in [6.07, 6.45) is 1.67. The van der Waals surface area contributed by atoms with Gasteiger partial charge >= 0.3 is 0 Å². The SMILES string of the molecule is Nc1c2ccccc2cc2occc12. The lowest BCUT2D eigenvalue weighted by Gasteiger charge is -2.02. The third kappa shape index (κ3) is 0.852. The van der Waals surface area contributed by atoms with E-state index in [9.17, 15) is 0 Å². The lowest BCUT2D eigenvalue weighted by Crippen LogP contribution is -1.87. The fraction of sp³-hybridized carbons (Fsp3) is 0. The quantitative estimate of drug-likeness (QED) is 0.544. The third-order valence-electron chi connectivity index (χ3n) is 2.52. The van der Waals surface area contributed by atoms with E-state index in [-0.39, 0.29) is 0 Å². The number of fused-ring (bicyclic) bond motifs is 2. The molecule has 68 valence electrons. The molecule has 0 amide bonds. The van der Waals surface area contributed by atoms with Crippen LogP contribution in [0.2, 0.25) is 0 Å². The third-order valence-corrected chi connectivity index (χ3v) is 2.52. The highest BCUT2D eigenvalue weighted by molar-refractivity contribution is 6.08. The van der Waals surface area contributed by atoms with Crippen molar-refractivity contribution < 1.29 is 4.42 Å². The maximum absolute atomic E-state index is 6.04. The van der Waals surface area contributed by atoms with Crippen molar-refractivity contribution in [2.45, 2.75) is 0 Å². The van der Waals surface area contributed by atoms with Crippen molar-refractivity contribution in [2.24, 2.45) is 0 Å². The molecule has 0 aliphatic heterocycles. The molecule has 0 aliphatic rings. The molecule has 2 N–H and O–H groups in total. The highest BCUT2D eigenvalue weighted by atomic mass is 16.3. The van der Waals surface area contributed by atoms with Gasteiger partial charge in [-0.3, -0.25) is 0 Å². The Bertz CT molecular complexity index is 610. The van der Waals surface area contributed by atoms with Gasteiger partial charge in [0.05, 0.1) is 12.0 Å². The second-order valence-corrected chi connectivity index (χ2v) is 3.34. The summed E-state index contributed by atoms with van der Waals surface area (Å²) in [6, 6.07) is 12.0. The van der Waals surface area contributed by atoms with Gasteiger partial charge in [0.2, 0.25) is 0 Å². The lowest BCUT2D eigenvalue weighted by molar-refractivity contribution is 0.616. The average Bonchev–Trinajstić information content (AvgIpc) is 2.66. The van der Waals surface area contributed by atoms with Gasteiger partial charge in [0.15, 0.2) is 0 Å². The number of furan rings is 1. The van der Waals surface area contributed by atoms with E-state index >= 15 is 0 Å². The Balaban J connectivity index is 2.63. The van der Waals surface area contributed by atoms with Crippen molar-refractivity contribution in [1.29, 1.82) is 0 Å². The van der Waals surface area contributed by atoms with E-state index in [0.29, 0.717) is 0 Å². The molecule has 0 saturated heterocycles. The van der Waals surface area contributed by atoms with Crippen LogP contribution in [0, 0.1) is 0 Å². The molecule has 0 radical (unpaired) electrons. The minimum absolute atomic E-state index is 0.798. The molecule has 0 atom stereocenters. The van der Waals surface area contributed by atoms with Gasteiger partial charge in [0.1, 0.15) is 5.58 Å². The predicted octanol–water partition coefficient (Wildman–Crippen LogP) is 3.17. The van der Waals surface area contributed by atoms with Crippen molar-refractivity contribution in [3.63, 3.8) is 0 Å². The topological polar surface area (TPSA) is 39.2 Å². The van der Waals surface area contributed by atoms with E-state index in [0.717, 1.165) is 27.4 Å². The second-order valence-electron chi connectivity index (χ2n) is 3.34. The van der Waals surface area contributed by atoms with E-state index in [4.69, 9.17) is 10.2 Å². The van der Waals surface area contributed by atoms with Gasteiger partial charge in [-0.2, -0.15) is 0 Å². The van der Waals surface area contributed by atoms with Crippen LogP contribution in [-0.2, 0) is 0 Å². The van der Waals surface area contributed by atoms with E-state index in [1.165, 1.54) is 0 Å². The van der Waals surface area contributed by atoms with E-state index in [1.807, 2.05) is 36.4 Å². The molecule has 0 fully saturated rings. The number of nitrogen functional groups attached to an aromatic ring is 1. The maximum atomic E-state index is 6.04. The molecule has 0 bridgehead atoms. The number of nitrogens with two attached hydrogens (primary N) is 1. The lowest BCUT2D eigenvalue weighted by atomic mass is 10.1. The van der Waals surface area contributed by atoms with Crippen molar-refractivity contribution in [3.05, 3.63) is 42.7 Å². The molecular weight excluding hydrogens is 174 g/mol. The summed E-state index contributed by atoms with van der Waals surface area (Å²) in [5, 5.41) is 3.19. The fourth-order valence-electron chi connectivity index (χ4n) is 1.81. The fourth-order valence-corrected chi connectivity index (χ4v) is 1.81. The Labute approximate surface area is 80.9 Å². The van der Waals surface area contributed by atoms with Crippen molar-refractivity contribution in [3.8, 4) is 0 Å². The first-order chi connectivity index (χ1) is 6.86. The largest absolute Gasteiger partial charge is 0.464 e. The Morgan fingerprint density at radius 2 is 1.86 bits per heavy atom. The van der Waals surface area contributed by atoms with Crippen LogP contribution in [0.5, 0.6) is 0 Å². The first-order valence-corrected chi connectivity index (χ1v) is 4.51. The molecule has 14 heavy (non-hydrogen) atoms. The summed E-state index contributed by atoms with van der Waals surface area (Å²) < 4.78 is 5.33. The van der Waals surface area contributed by atoms with E-state index in [2.05, 4.69) is 0 Å². The van der Waals surface area contributed by atoms with E-state index in [1.54, 1.807) is 6.26 Å². The number of hydrogen-bond acceptors (Lipinski definition) is 2. The standard InChI is InChI=1S/C12H9NO/c13-12-9-4-2-1-3-8(9)7-11-10(12)5-6-14-11/h1-7H,13H2. The summed E-state index contributed by atoms with van der Waals surface area (Å²) in [4.78, 5) is 0. The summed E-state index contributed by atoms with van der Waals surface area (Å²) >= 11 is 0. The predicted molar refractivity (Wildman–Crippen MR) is 58.1 cm³/mol. The van der Waals surface area contributed by atoms with Crippen molar-refractivity contribution in [2.75, 3.05) is 5.73 Å². The molecular formula is C12H9NO. The summed E-state index contributed by atoms with van der Waals surface area (Å²) in [5.74, 6) is 0. The molecule has 0 unspecified atom stereocenters. The van der Waals surface area contributed by atoms with Gasteiger partial charge in [-0.05, 0) is 17.5 Å². The van der Waals surface area contributed by atoms with Crippen molar-refractivity contribution in [1.82, 2.24) is 0 Å². The van der Waals surface area contributed by atoms with Gasteiger partial charge in [-0.1, -0.05) is 24.3 Å². The molecule has 1 aromatic heterocycles. The molecule has 2 aromatic carbocycles. The Kier molecular flexibility index (Phi) is 1.34. The van der Waals surface area contributed by atoms with Crippen LogP contribution in [0.3, 0.4) is 0 Å². The zero-order chi connectivity index (χ0) is 9.54. The minimum Gasteiger partial charge on any atom is -0.464 e. The number of benzene rings is 2. The van der Waals surface area contributed by atoms with Gasteiger partial charge in [-0.15, -0.1) is 0 Å². The first-order valence-electron chi connectivity index (χ1n) is 4.51. The van der Waals surface area contributed by atoms with Gasteiger partial charge in [0.25, 0.3) is 0 Å². The number of hydrogen-bond donors (Lipinski definition) is 1. The normalized spacial score (nSPS) is 11.1. The molecule has 1 heterocycles. The van der Waals surface area contributed by atoms with Crippen LogP contribution in [-0.4, -0.2) is 0 Å². The monoisotopic (exact) mass is 183 g/mol. The summed E-state index contributed by atoms with van der Waals surface area (Å²) in [5.41, 5.74) is 7.69. The minimum atomic E-state index is 0.798. The summed E-state index contributed by atoms with van der Waals surface area (Å²) in [7, 11) is 0. The zero-order valence-electron chi connectivity index (χ0n) is 7.53.